The molecule has 0 spiro atoms. The van der Waals surface area contributed by atoms with Gasteiger partial charge in [0.2, 0.25) is 0 Å². The molecule has 0 aromatic heterocycles. The van der Waals surface area contributed by atoms with Gasteiger partial charge < -0.3 is 15.2 Å². The minimum absolute atomic E-state index is 0.113. The first-order chi connectivity index (χ1) is 7.54. The molecule has 0 saturated heterocycles. The first kappa shape index (κ1) is 16.1. The predicted molar refractivity (Wildman–Crippen MR) is 64.2 cm³/mol. The normalized spacial score (nSPS) is 15.5. The number of ketones is 1. The topological polar surface area (TPSA) is 78.6 Å². The van der Waals surface area contributed by atoms with Gasteiger partial charge in [0, 0.05) is 5.92 Å². The molecule has 0 fully saturated rings. The molecule has 5 nitrogen and oxygen atoms in total. The first-order valence-corrected chi connectivity index (χ1v) is 5.75. The van der Waals surface area contributed by atoms with Gasteiger partial charge in [-0.15, -0.1) is 0 Å². The Morgan fingerprint density at radius 3 is 1.88 bits per heavy atom. The number of rotatable bonds is 6. The van der Waals surface area contributed by atoms with Crippen molar-refractivity contribution in [3.63, 3.8) is 0 Å². The molecule has 0 aliphatic rings. The first-order valence-electron chi connectivity index (χ1n) is 5.75. The third-order valence-electron chi connectivity index (χ3n) is 2.08. The molecule has 0 radical (unpaired) electrons. The van der Waals surface area contributed by atoms with Crippen molar-refractivity contribution in [3.8, 4) is 0 Å². The van der Waals surface area contributed by atoms with Crippen LogP contribution in [0.3, 0.4) is 0 Å². The summed E-state index contributed by atoms with van der Waals surface area (Å²) in [6.07, 6.45) is -1.55. The Balaban J connectivity index is 4.31. The van der Waals surface area contributed by atoms with Crippen molar-refractivity contribution in [2.24, 2.45) is 11.7 Å². The summed E-state index contributed by atoms with van der Waals surface area (Å²) in [5.74, 6) is -0.859. The summed E-state index contributed by atoms with van der Waals surface area (Å²) in [6, 6.07) is 0. The van der Waals surface area contributed by atoms with Crippen LogP contribution in [0.2, 0.25) is 0 Å². The number of hydrogen-bond donors (Lipinski definition) is 1. The summed E-state index contributed by atoms with van der Waals surface area (Å²) in [5, 5.41) is 0. The van der Waals surface area contributed by atoms with Crippen LogP contribution in [-0.2, 0) is 19.1 Å². The predicted octanol–water partition coefficient (Wildman–Crippen LogP) is 1.24. The van der Waals surface area contributed by atoms with Gasteiger partial charge in [0.05, 0.1) is 0 Å². The van der Waals surface area contributed by atoms with Crippen molar-refractivity contribution >= 4 is 11.8 Å². The van der Waals surface area contributed by atoms with Crippen LogP contribution in [-0.4, -0.2) is 29.7 Å². The van der Waals surface area contributed by atoms with E-state index < -0.39 is 23.9 Å². The molecule has 0 bridgehead atoms. The minimum atomic E-state index is -0.913. The Kier molecular flexibility index (Phi) is 5.78. The molecule has 0 aromatic carbocycles. The van der Waals surface area contributed by atoms with E-state index in [2.05, 4.69) is 0 Å². The van der Waals surface area contributed by atoms with Crippen molar-refractivity contribution in [3.05, 3.63) is 0 Å². The fourth-order valence-electron chi connectivity index (χ4n) is 1.30. The van der Waals surface area contributed by atoms with Crippen LogP contribution >= 0.6 is 0 Å². The molecule has 5 heteroatoms. The molecule has 0 heterocycles. The molecular formula is C12H23NO4. The summed E-state index contributed by atoms with van der Waals surface area (Å²) in [4.78, 5) is 23.1. The Hall–Kier alpha value is -0.940. The number of nitrogens with two attached hydrogens (primary N) is 1. The minimum Gasteiger partial charge on any atom is -0.453 e. The molecule has 0 aromatic rings. The smallest absolute Gasteiger partial charge is 0.335 e. The van der Waals surface area contributed by atoms with E-state index in [0.29, 0.717) is 0 Å². The van der Waals surface area contributed by atoms with Crippen LogP contribution in [0.5, 0.6) is 0 Å². The lowest BCUT2D eigenvalue weighted by Crippen LogP contribution is -2.42. The fourth-order valence-corrected chi connectivity index (χ4v) is 1.30. The van der Waals surface area contributed by atoms with Gasteiger partial charge in [-0.05, 0) is 27.7 Å². The second kappa shape index (κ2) is 6.12. The highest BCUT2D eigenvalue weighted by Crippen LogP contribution is 2.09. The van der Waals surface area contributed by atoms with Crippen molar-refractivity contribution in [2.75, 3.05) is 0 Å². The van der Waals surface area contributed by atoms with E-state index in [9.17, 15) is 9.59 Å². The molecule has 2 unspecified atom stereocenters. The van der Waals surface area contributed by atoms with E-state index in [0.717, 1.165) is 0 Å². The molecule has 2 N–H and O–H groups in total. The summed E-state index contributed by atoms with van der Waals surface area (Å²) in [6.45, 7) is 9.90. The highest BCUT2D eigenvalue weighted by Gasteiger charge is 2.26. The van der Waals surface area contributed by atoms with E-state index in [-0.39, 0.29) is 11.7 Å². The average molecular weight is 245 g/mol. The van der Waals surface area contributed by atoms with Crippen LogP contribution in [0.4, 0.5) is 0 Å². The number of carbonyl (C=O) groups excluding carboxylic acids is 2. The maximum Gasteiger partial charge on any atom is 0.335 e. The zero-order chi connectivity index (χ0) is 13.8. The lowest BCUT2D eigenvalue weighted by atomic mass is 10.1. The molecule has 100 valence electrons. The van der Waals surface area contributed by atoms with E-state index in [4.69, 9.17) is 15.2 Å². The molecule has 2 atom stereocenters. The van der Waals surface area contributed by atoms with E-state index in [1.54, 1.807) is 41.5 Å². The summed E-state index contributed by atoms with van der Waals surface area (Å²) >= 11 is 0. The third kappa shape index (κ3) is 6.38. The highest BCUT2D eigenvalue weighted by atomic mass is 16.6. The molecule has 0 rings (SSSR count). The SMILES string of the molecule is CC(C)C(=O)C(C)OC(=O)C(C)OC(C)(C)N. The second-order valence-corrected chi connectivity index (χ2v) is 5.00. The van der Waals surface area contributed by atoms with E-state index in [1.165, 1.54) is 0 Å². The second-order valence-electron chi connectivity index (χ2n) is 5.00. The highest BCUT2D eigenvalue weighted by molar-refractivity contribution is 5.87. The van der Waals surface area contributed by atoms with Crippen LogP contribution in [0.25, 0.3) is 0 Å². The zero-order valence-electron chi connectivity index (χ0n) is 11.4. The number of Topliss-reactive ketones (excluding diaryl/α,β-unsaturated/α-hetero) is 1. The van der Waals surface area contributed by atoms with Gasteiger partial charge in [-0.1, -0.05) is 13.8 Å². The third-order valence-corrected chi connectivity index (χ3v) is 2.08. The standard InChI is InChI=1S/C12H23NO4/c1-7(2)10(14)8(3)16-11(15)9(4)17-12(5,6)13/h7-9H,13H2,1-6H3. The fraction of sp³-hybridized carbons (Fsp3) is 0.833. The Morgan fingerprint density at radius 2 is 1.53 bits per heavy atom. The molecular weight excluding hydrogens is 222 g/mol. The molecule has 17 heavy (non-hydrogen) atoms. The van der Waals surface area contributed by atoms with Gasteiger partial charge >= 0.3 is 5.97 Å². The summed E-state index contributed by atoms with van der Waals surface area (Å²) < 4.78 is 10.2. The number of ether oxygens (including phenoxy) is 2. The van der Waals surface area contributed by atoms with Gasteiger partial charge in [0.25, 0.3) is 0 Å². The van der Waals surface area contributed by atoms with Crippen LogP contribution in [0.1, 0.15) is 41.5 Å². The van der Waals surface area contributed by atoms with Crippen molar-refractivity contribution < 1.29 is 19.1 Å². The van der Waals surface area contributed by atoms with Crippen molar-refractivity contribution in [2.45, 2.75) is 59.5 Å². The number of esters is 1. The molecule has 0 aliphatic carbocycles. The zero-order valence-corrected chi connectivity index (χ0v) is 11.4. The van der Waals surface area contributed by atoms with Crippen LogP contribution in [0.15, 0.2) is 0 Å². The molecule has 0 saturated carbocycles. The average Bonchev–Trinajstić information content (AvgIpc) is 2.13. The van der Waals surface area contributed by atoms with Gasteiger partial charge in [-0.25, -0.2) is 4.79 Å². The Morgan fingerprint density at radius 1 is 1.06 bits per heavy atom. The maximum absolute atomic E-state index is 11.6. The largest absolute Gasteiger partial charge is 0.453 e. The molecule has 0 amide bonds. The number of hydrogen-bond acceptors (Lipinski definition) is 5. The lowest BCUT2D eigenvalue weighted by Gasteiger charge is -2.24. The molecule has 0 aliphatic heterocycles. The van der Waals surface area contributed by atoms with E-state index in [1.807, 2.05) is 0 Å². The van der Waals surface area contributed by atoms with Crippen molar-refractivity contribution in [1.82, 2.24) is 0 Å². The van der Waals surface area contributed by atoms with Gasteiger partial charge in [-0.3, -0.25) is 4.79 Å². The van der Waals surface area contributed by atoms with Crippen LogP contribution < -0.4 is 5.73 Å². The van der Waals surface area contributed by atoms with Gasteiger partial charge in [0.1, 0.15) is 5.72 Å². The number of carbonyl (C=O) groups is 2. The Labute approximate surface area is 103 Å². The lowest BCUT2D eigenvalue weighted by molar-refractivity contribution is -0.172. The van der Waals surface area contributed by atoms with Crippen molar-refractivity contribution in [1.29, 1.82) is 0 Å². The Bertz CT molecular complexity index is 281. The summed E-state index contributed by atoms with van der Waals surface area (Å²) in [7, 11) is 0. The van der Waals surface area contributed by atoms with Gasteiger partial charge in [0.15, 0.2) is 18.0 Å². The quantitative estimate of drug-likeness (QED) is 0.562. The maximum atomic E-state index is 11.6. The van der Waals surface area contributed by atoms with E-state index >= 15 is 0 Å². The summed E-state index contributed by atoms with van der Waals surface area (Å²) in [5.41, 5.74) is 4.70. The van der Waals surface area contributed by atoms with Gasteiger partial charge in [-0.2, -0.15) is 0 Å². The van der Waals surface area contributed by atoms with Crippen LogP contribution in [0, 0.1) is 5.92 Å². The monoisotopic (exact) mass is 245 g/mol.